The monoisotopic (exact) mass is 516 g/mol. The van der Waals surface area contributed by atoms with Crippen molar-refractivity contribution in [2.75, 3.05) is 11.6 Å². The van der Waals surface area contributed by atoms with Crippen molar-refractivity contribution in [3.8, 4) is 22.8 Å². The van der Waals surface area contributed by atoms with Crippen LogP contribution in [0.15, 0.2) is 53.5 Å². The molecule has 1 aromatic heterocycles. The van der Waals surface area contributed by atoms with Crippen molar-refractivity contribution in [1.29, 1.82) is 0 Å². The van der Waals surface area contributed by atoms with Crippen molar-refractivity contribution >= 4 is 5.97 Å². The van der Waals surface area contributed by atoms with E-state index in [1.54, 1.807) is 0 Å². The molecule has 0 aliphatic carbocycles. The van der Waals surface area contributed by atoms with Crippen LogP contribution in [0.1, 0.15) is 73.5 Å². The molecule has 1 N–H and O–H groups in total. The van der Waals surface area contributed by atoms with Crippen molar-refractivity contribution in [2.24, 2.45) is 5.92 Å². The van der Waals surface area contributed by atoms with Crippen molar-refractivity contribution < 1.29 is 19.4 Å². The van der Waals surface area contributed by atoms with Crippen LogP contribution in [0, 0.1) is 5.92 Å². The van der Waals surface area contributed by atoms with Gasteiger partial charge < -0.3 is 19.6 Å². The van der Waals surface area contributed by atoms with E-state index >= 15 is 0 Å². The third-order valence-electron chi connectivity index (χ3n) is 7.44. The average Bonchev–Trinajstić information content (AvgIpc) is 3.39. The number of unbranched alkanes of at least 4 members (excludes halogenated alkanes) is 1. The van der Waals surface area contributed by atoms with Gasteiger partial charge in [-0.3, -0.25) is 9.47 Å². The molecule has 2 aliphatic heterocycles. The number of hydrogen-bond donors (Lipinski definition) is 1. The van der Waals surface area contributed by atoms with Gasteiger partial charge in [-0.2, -0.15) is 0 Å². The molecule has 3 heterocycles. The lowest BCUT2D eigenvalue weighted by atomic mass is 9.91. The quantitative estimate of drug-likeness (QED) is 0.368. The standard InChI is InChI=1S/C31H36N2O5/c1-4-5-11-23(14-20(2)3)32-17-22-15-28(38-19-21-9-7-6-8-10-21)30-24(12-13-37-30)29(22)26-16-27(34)25(31(35)36)18-33(26)32/h6-10,15-16,18,20,23H,4-5,11-14,17,19H2,1-3H3,(H,35,36). The number of ether oxygens (including phenoxy) is 2. The molecule has 0 radical (unpaired) electrons. The van der Waals surface area contributed by atoms with Gasteiger partial charge in [-0.1, -0.05) is 63.9 Å². The number of rotatable bonds is 10. The number of nitrogens with zero attached hydrogens (tertiary/aromatic N) is 2. The maximum atomic E-state index is 12.9. The number of pyridine rings is 1. The molecular formula is C31H36N2O5. The van der Waals surface area contributed by atoms with E-state index < -0.39 is 11.4 Å². The zero-order valence-electron chi connectivity index (χ0n) is 22.4. The lowest BCUT2D eigenvalue weighted by molar-refractivity contribution is 0.0694. The molecule has 200 valence electrons. The Kier molecular flexibility index (Phi) is 7.45. The van der Waals surface area contributed by atoms with Crippen molar-refractivity contribution in [3.05, 3.63) is 81.1 Å². The number of carboxylic acid groups (broad SMARTS) is 1. The van der Waals surface area contributed by atoms with Gasteiger partial charge in [-0.25, -0.2) is 4.79 Å². The second kappa shape index (κ2) is 10.9. The van der Waals surface area contributed by atoms with E-state index in [0.29, 0.717) is 37.8 Å². The third kappa shape index (κ3) is 5.02. The molecule has 0 fully saturated rings. The first-order chi connectivity index (χ1) is 18.4. The van der Waals surface area contributed by atoms with Gasteiger partial charge >= 0.3 is 5.97 Å². The number of aromatic nitrogens is 1. The number of fused-ring (bicyclic) bond motifs is 5. The highest BCUT2D eigenvalue weighted by atomic mass is 16.5. The predicted octanol–water partition coefficient (Wildman–Crippen LogP) is 5.78. The number of hydrogen-bond acceptors (Lipinski definition) is 5. The third-order valence-corrected chi connectivity index (χ3v) is 7.44. The zero-order valence-corrected chi connectivity index (χ0v) is 22.4. The van der Waals surface area contributed by atoms with Gasteiger partial charge in [0.1, 0.15) is 12.2 Å². The first-order valence-electron chi connectivity index (χ1n) is 13.6. The Bertz CT molecular complexity index is 1380. The summed E-state index contributed by atoms with van der Waals surface area (Å²) in [5.74, 6) is 0.701. The fourth-order valence-corrected chi connectivity index (χ4v) is 5.70. The fraction of sp³-hybridized carbons (Fsp3) is 0.419. The van der Waals surface area contributed by atoms with Crippen LogP contribution in [0.25, 0.3) is 11.3 Å². The fourth-order valence-electron chi connectivity index (χ4n) is 5.70. The Morgan fingerprint density at radius 2 is 1.97 bits per heavy atom. The summed E-state index contributed by atoms with van der Waals surface area (Å²) in [6, 6.07) is 13.8. The summed E-state index contributed by atoms with van der Waals surface area (Å²) in [5.41, 5.74) is 4.17. The highest BCUT2D eigenvalue weighted by Crippen LogP contribution is 2.46. The van der Waals surface area contributed by atoms with Gasteiger partial charge in [-0.15, -0.1) is 0 Å². The molecule has 1 atom stereocenters. The second-order valence-corrected chi connectivity index (χ2v) is 10.7. The van der Waals surface area contributed by atoms with E-state index in [-0.39, 0.29) is 11.6 Å². The number of aromatic carboxylic acids is 1. The summed E-state index contributed by atoms with van der Waals surface area (Å²) >= 11 is 0. The molecule has 0 spiro atoms. The smallest absolute Gasteiger partial charge is 0.341 e. The van der Waals surface area contributed by atoms with Crippen LogP contribution in [0.3, 0.4) is 0 Å². The van der Waals surface area contributed by atoms with E-state index in [1.165, 1.54) is 12.3 Å². The van der Waals surface area contributed by atoms with Crippen LogP contribution in [-0.2, 0) is 19.6 Å². The van der Waals surface area contributed by atoms with Gasteiger partial charge in [0.2, 0.25) is 0 Å². The SMILES string of the molecule is CCCCC(CC(C)C)N1Cc2cc(OCc3ccccc3)c3c(c2-c2cc(=O)c(C(=O)O)cn21)CCO3. The molecule has 5 rings (SSSR count). The molecule has 2 aliphatic rings. The van der Waals surface area contributed by atoms with Crippen LogP contribution < -0.4 is 19.9 Å². The topological polar surface area (TPSA) is 81.0 Å². The van der Waals surface area contributed by atoms with Gasteiger partial charge in [0.05, 0.1) is 18.8 Å². The number of carbonyl (C=O) groups is 1. The van der Waals surface area contributed by atoms with Gasteiger partial charge in [0.25, 0.3) is 0 Å². The van der Waals surface area contributed by atoms with Crippen molar-refractivity contribution in [1.82, 2.24) is 4.68 Å². The number of carboxylic acids is 1. The lowest BCUT2D eigenvalue weighted by Gasteiger charge is -2.42. The minimum absolute atomic E-state index is 0.198. The maximum absolute atomic E-state index is 12.9. The molecule has 1 unspecified atom stereocenters. The second-order valence-electron chi connectivity index (χ2n) is 10.7. The molecule has 7 nitrogen and oxygen atoms in total. The molecule has 0 saturated heterocycles. The zero-order chi connectivity index (χ0) is 26.8. The molecule has 38 heavy (non-hydrogen) atoms. The van der Waals surface area contributed by atoms with Crippen LogP contribution in [-0.4, -0.2) is 28.4 Å². The molecule has 0 bridgehead atoms. The largest absolute Gasteiger partial charge is 0.489 e. The molecule has 0 saturated carbocycles. The maximum Gasteiger partial charge on any atom is 0.341 e. The summed E-state index contributed by atoms with van der Waals surface area (Å²) < 4.78 is 14.3. The van der Waals surface area contributed by atoms with E-state index in [0.717, 1.165) is 59.4 Å². The lowest BCUT2D eigenvalue weighted by Crippen LogP contribution is -2.47. The molecule has 0 amide bonds. The van der Waals surface area contributed by atoms with Gasteiger partial charge in [0, 0.05) is 35.9 Å². The summed E-state index contributed by atoms with van der Waals surface area (Å²) in [4.78, 5) is 24.9. The summed E-state index contributed by atoms with van der Waals surface area (Å²) in [6.45, 7) is 8.19. The Balaban J connectivity index is 1.64. The molecule has 7 heteroatoms. The van der Waals surface area contributed by atoms with Crippen LogP contribution in [0.5, 0.6) is 11.5 Å². The van der Waals surface area contributed by atoms with E-state index in [4.69, 9.17) is 9.47 Å². The van der Waals surface area contributed by atoms with Crippen LogP contribution in [0.4, 0.5) is 0 Å². The molecular weight excluding hydrogens is 480 g/mol. The molecule has 3 aromatic rings. The average molecular weight is 517 g/mol. The predicted molar refractivity (Wildman–Crippen MR) is 148 cm³/mol. The first-order valence-corrected chi connectivity index (χ1v) is 13.6. The highest BCUT2D eigenvalue weighted by molar-refractivity contribution is 5.88. The summed E-state index contributed by atoms with van der Waals surface area (Å²) in [5, 5.41) is 12.0. The van der Waals surface area contributed by atoms with Crippen LogP contribution in [0.2, 0.25) is 0 Å². The normalized spacial score (nSPS) is 14.5. The number of benzene rings is 2. The van der Waals surface area contributed by atoms with Crippen LogP contribution >= 0.6 is 0 Å². The van der Waals surface area contributed by atoms with Crippen molar-refractivity contribution in [2.45, 2.75) is 72.1 Å². The Morgan fingerprint density at radius 1 is 1.18 bits per heavy atom. The minimum atomic E-state index is -1.21. The first kappa shape index (κ1) is 25.9. The van der Waals surface area contributed by atoms with E-state index in [1.807, 2.05) is 35.0 Å². The van der Waals surface area contributed by atoms with Crippen molar-refractivity contribution in [3.63, 3.8) is 0 Å². The molecule has 2 aromatic carbocycles. The van der Waals surface area contributed by atoms with Gasteiger partial charge in [0.15, 0.2) is 16.9 Å². The Morgan fingerprint density at radius 3 is 2.68 bits per heavy atom. The van der Waals surface area contributed by atoms with Gasteiger partial charge in [-0.05, 0) is 36.0 Å². The Hall–Kier alpha value is -3.74. The summed E-state index contributed by atoms with van der Waals surface area (Å²) in [6.07, 6.45) is 6.34. The Labute approximate surface area is 223 Å². The van der Waals surface area contributed by atoms with E-state index in [9.17, 15) is 14.7 Å². The minimum Gasteiger partial charge on any atom is -0.489 e. The summed E-state index contributed by atoms with van der Waals surface area (Å²) in [7, 11) is 0. The van der Waals surface area contributed by atoms with E-state index in [2.05, 4.69) is 31.8 Å². The highest BCUT2D eigenvalue weighted by Gasteiger charge is 2.34.